The highest BCUT2D eigenvalue weighted by atomic mass is 35.5. The van der Waals surface area contributed by atoms with Gasteiger partial charge in [-0.3, -0.25) is 9.48 Å². The fourth-order valence-electron chi connectivity index (χ4n) is 4.00. The zero-order valence-electron chi connectivity index (χ0n) is 18.0. The molecule has 0 saturated heterocycles. The van der Waals surface area contributed by atoms with Gasteiger partial charge in [0.25, 0.3) is 12.0 Å². The molecule has 0 spiro atoms. The van der Waals surface area contributed by atoms with Crippen LogP contribution >= 0.6 is 11.6 Å². The Bertz CT molecular complexity index is 1370. The van der Waals surface area contributed by atoms with Gasteiger partial charge in [0.1, 0.15) is 5.02 Å². The standard InChI is InChI=1S/C21H22ClF2N5O3S/c1-3-33(31,32)21-15-11-28(17-9-25-26-20(30)18(17)22)7-6-16(15)29(27-21)10-13-5-4-12(2)8-14(13)19(23)24/h4-5,8-9,19H,3,6-7,10-11H2,1-2H3,(H,26,30). The van der Waals surface area contributed by atoms with E-state index in [0.29, 0.717) is 41.0 Å². The minimum Gasteiger partial charge on any atom is -0.364 e. The Labute approximate surface area is 194 Å². The van der Waals surface area contributed by atoms with Crippen LogP contribution in [0.1, 0.15) is 41.3 Å². The van der Waals surface area contributed by atoms with E-state index in [2.05, 4.69) is 15.3 Å². The molecule has 33 heavy (non-hydrogen) atoms. The van der Waals surface area contributed by atoms with Crippen LogP contribution in [0.25, 0.3) is 0 Å². The highest BCUT2D eigenvalue weighted by molar-refractivity contribution is 7.91. The van der Waals surface area contributed by atoms with Gasteiger partial charge in [-0.1, -0.05) is 42.3 Å². The van der Waals surface area contributed by atoms with Gasteiger partial charge >= 0.3 is 0 Å². The number of alkyl halides is 2. The first-order chi connectivity index (χ1) is 15.6. The van der Waals surface area contributed by atoms with Crippen LogP contribution < -0.4 is 10.5 Å². The molecular formula is C21H22ClF2N5O3S. The molecule has 2 aromatic heterocycles. The number of nitrogens with one attached hydrogen (secondary N) is 1. The summed E-state index contributed by atoms with van der Waals surface area (Å²) in [6, 6.07) is 4.80. The number of hydrogen-bond acceptors (Lipinski definition) is 6. The lowest BCUT2D eigenvalue weighted by Gasteiger charge is -2.29. The zero-order chi connectivity index (χ0) is 23.9. The first-order valence-electron chi connectivity index (χ1n) is 10.3. The number of fused-ring (bicyclic) bond motifs is 1. The van der Waals surface area contributed by atoms with E-state index in [1.54, 1.807) is 24.0 Å². The van der Waals surface area contributed by atoms with Crippen molar-refractivity contribution in [2.75, 3.05) is 17.2 Å². The molecular weight excluding hydrogens is 476 g/mol. The summed E-state index contributed by atoms with van der Waals surface area (Å²) >= 11 is 6.15. The van der Waals surface area contributed by atoms with E-state index in [9.17, 15) is 22.0 Å². The number of aromatic nitrogens is 4. The van der Waals surface area contributed by atoms with Gasteiger partial charge in [-0.15, -0.1) is 0 Å². The van der Waals surface area contributed by atoms with Gasteiger partial charge in [-0.2, -0.15) is 10.2 Å². The SMILES string of the molecule is CCS(=O)(=O)c1nn(Cc2ccc(C)cc2C(F)F)c2c1CN(c1cn[nH]c(=O)c1Cl)CC2. The summed E-state index contributed by atoms with van der Waals surface area (Å²) in [6.45, 7) is 3.85. The Hall–Kier alpha value is -2.79. The number of aromatic amines is 1. The van der Waals surface area contributed by atoms with E-state index >= 15 is 0 Å². The van der Waals surface area contributed by atoms with Gasteiger partial charge in [-0.05, 0) is 12.5 Å². The maximum atomic E-state index is 13.6. The number of sulfone groups is 1. The van der Waals surface area contributed by atoms with Crippen molar-refractivity contribution >= 4 is 27.1 Å². The third kappa shape index (κ3) is 4.39. The van der Waals surface area contributed by atoms with Crippen LogP contribution in [0.15, 0.2) is 34.2 Å². The second-order valence-electron chi connectivity index (χ2n) is 7.86. The molecule has 0 fully saturated rings. The van der Waals surface area contributed by atoms with Crippen molar-refractivity contribution in [2.24, 2.45) is 0 Å². The summed E-state index contributed by atoms with van der Waals surface area (Å²) in [4.78, 5) is 13.6. The predicted molar refractivity (Wildman–Crippen MR) is 120 cm³/mol. The zero-order valence-corrected chi connectivity index (χ0v) is 19.6. The Balaban J connectivity index is 1.79. The number of anilines is 1. The number of hydrogen-bond donors (Lipinski definition) is 1. The molecule has 0 amide bonds. The van der Waals surface area contributed by atoms with Crippen LogP contribution in [-0.2, 0) is 29.3 Å². The van der Waals surface area contributed by atoms with E-state index in [4.69, 9.17) is 11.6 Å². The quantitative estimate of drug-likeness (QED) is 0.561. The molecule has 1 aliphatic heterocycles. The lowest BCUT2D eigenvalue weighted by atomic mass is 10.0. The topological polar surface area (TPSA) is 101 Å². The molecule has 1 N–H and O–H groups in total. The minimum absolute atomic E-state index is 0.0227. The molecule has 12 heteroatoms. The molecule has 1 aromatic carbocycles. The molecule has 3 heterocycles. The number of H-pyrrole nitrogens is 1. The van der Waals surface area contributed by atoms with Gasteiger partial charge in [0.2, 0.25) is 0 Å². The van der Waals surface area contributed by atoms with Crippen molar-refractivity contribution in [2.45, 2.75) is 44.8 Å². The van der Waals surface area contributed by atoms with E-state index in [1.165, 1.54) is 23.9 Å². The summed E-state index contributed by atoms with van der Waals surface area (Å²) in [5, 5.41) is 10.3. The summed E-state index contributed by atoms with van der Waals surface area (Å²) < 4.78 is 54.4. The molecule has 8 nitrogen and oxygen atoms in total. The second kappa shape index (κ2) is 8.86. The average molecular weight is 498 g/mol. The van der Waals surface area contributed by atoms with Crippen molar-refractivity contribution < 1.29 is 17.2 Å². The Kier molecular flexibility index (Phi) is 6.28. The molecule has 0 bridgehead atoms. The van der Waals surface area contributed by atoms with Crippen molar-refractivity contribution in [3.8, 4) is 0 Å². The largest absolute Gasteiger partial charge is 0.364 e. The molecule has 176 valence electrons. The highest BCUT2D eigenvalue weighted by Crippen LogP contribution is 2.32. The van der Waals surface area contributed by atoms with Crippen molar-refractivity contribution in [3.63, 3.8) is 0 Å². The first-order valence-corrected chi connectivity index (χ1v) is 12.3. The van der Waals surface area contributed by atoms with E-state index < -0.39 is 21.8 Å². The molecule has 0 radical (unpaired) electrons. The maximum Gasteiger partial charge on any atom is 0.285 e. The van der Waals surface area contributed by atoms with Crippen LogP contribution in [0.3, 0.4) is 0 Å². The second-order valence-corrected chi connectivity index (χ2v) is 10.4. The Morgan fingerprint density at radius 2 is 2.06 bits per heavy atom. The average Bonchev–Trinajstić information content (AvgIpc) is 3.15. The van der Waals surface area contributed by atoms with Crippen molar-refractivity contribution in [1.29, 1.82) is 0 Å². The van der Waals surface area contributed by atoms with Crippen LogP contribution in [0.2, 0.25) is 5.02 Å². The van der Waals surface area contributed by atoms with Gasteiger partial charge in [0.15, 0.2) is 14.9 Å². The molecule has 0 atom stereocenters. The number of benzene rings is 1. The predicted octanol–water partition coefficient (Wildman–Crippen LogP) is 3.27. The normalized spacial score (nSPS) is 14.1. The number of nitrogens with zero attached hydrogens (tertiary/aromatic N) is 4. The summed E-state index contributed by atoms with van der Waals surface area (Å²) in [6.07, 6.45) is -0.860. The number of halogens is 3. The van der Waals surface area contributed by atoms with E-state index in [0.717, 1.165) is 0 Å². The third-order valence-electron chi connectivity index (χ3n) is 5.75. The van der Waals surface area contributed by atoms with Gasteiger partial charge in [-0.25, -0.2) is 22.3 Å². The summed E-state index contributed by atoms with van der Waals surface area (Å²) in [5.74, 6) is -0.156. The maximum absolute atomic E-state index is 13.6. The van der Waals surface area contributed by atoms with Crippen LogP contribution in [0.4, 0.5) is 14.5 Å². The molecule has 3 aromatic rings. The van der Waals surface area contributed by atoms with Crippen molar-refractivity contribution in [1.82, 2.24) is 20.0 Å². The van der Waals surface area contributed by atoms with Gasteiger partial charge < -0.3 is 4.90 Å². The Morgan fingerprint density at radius 3 is 2.76 bits per heavy atom. The highest BCUT2D eigenvalue weighted by Gasteiger charge is 2.32. The van der Waals surface area contributed by atoms with Crippen molar-refractivity contribution in [3.05, 3.63) is 67.7 Å². The monoisotopic (exact) mass is 497 g/mol. The molecule has 0 saturated carbocycles. The fraction of sp³-hybridized carbons (Fsp3) is 0.381. The van der Waals surface area contributed by atoms with E-state index in [1.807, 2.05) is 0 Å². The van der Waals surface area contributed by atoms with Gasteiger partial charge in [0.05, 0.1) is 24.2 Å². The van der Waals surface area contributed by atoms with Crippen LogP contribution in [-0.4, -0.2) is 40.7 Å². The first kappa shape index (κ1) is 23.4. The number of rotatable bonds is 6. The minimum atomic E-state index is -3.69. The Morgan fingerprint density at radius 1 is 1.30 bits per heavy atom. The lowest BCUT2D eigenvalue weighted by Crippen LogP contribution is -2.33. The van der Waals surface area contributed by atoms with Crippen LogP contribution in [0.5, 0.6) is 0 Å². The summed E-state index contributed by atoms with van der Waals surface area (Å²) in [7, 11) is -3.69. The molecule has 0 unspecified atom stereocenters. The number of aryl methyl sites for hydroxylation is 1. The summed E-state index contributed by atoms with van der Waals surface area (Å²) in [5.41, 5.74) is 1.97. The lowest BCUT2D eigenvalue weighted by molar-refractivity contribution is 0.150. The third-order valence-corrected chi connectivity index (χ3v) is 7.79. The smallest absolute Gasteiger partial charge is 0.285 e. The fourth-order valence-corrected chi connectivity index (χ4v) is 5.26. The van der Waals surface area contributed by atoms with Crippen LogP contribution in [0, 0.1) is 6.92 Å². The van der Waals surface area contributed by atoms with E-state index in [-0.39, 0.29) is 34.5 Å². The van der Waals surface area contributed by atoms with Gasteiger partial charge in [0, 0.05) is 36.3 Å². The molecule has 1 aliphatic rings. The molecule has 4 rings (SSSR count). The molecule has 0 aliphatic carbocycles.